The predicted octanol–water partition coefficient (Wildman–Crippen LogP) is 2.66. The number of ether oxygens (including phenoxy) is 1. The number of halogens is 2. The minimum Gasteiger partial charge on any atom is -0.491 e. The Morgan fingerprint density at radius 2 is 1.76 bits per heavy atom. The zero-order valence-corrected chi connectivity index (χ0v) is 13.0. The molecule has 0 spiro atoms. The molecule has 0 unspecified atom stereocenters. The summed E-state index contributed by atoms with van der Waals surface area (Å²) in [5.74, 6) is 0.719. The largest absolute Gasteiger partial charge is 0.491 e. The van der Waals surface area contributed by atoms with E-state index >= 15 is 0 Å². The third-order valence-electron chi connectivity index (χ3n) is 1.99. The van der Waals surface area contributed by atoms with E-state index < -0.39 is 10.0 Å². The summed E-state index contributed by atoms with van der Waals surface area (Å²) >= 11 is 6.75. The van der Waals surface area contributed by atoms with Crippen LogP contribution in [0.1, 0.15) is 12.8 Å². The van der Waals surface area contributed by atoms with Gasteiger partial charge < -0.3 is 4.74 Å². The summed E-state index contributed by atoms with van der Waals surface area (Å²) in [6.45, 7) is 0.455. The number of hydrogen-bond donors (Lipinski definition) is 1. The molecule has 17 heavy (non-hydrogen) atoms. The monoisotopic (exact) mass is 385 g/mol. The molecule has 0 aliphatic carbocycles. The summed E-state index contributed by atoms with van der Waals surface area (Å²) in [6.07, 6.45) is 1.14. The summed E-state index contributed by atoms with van der Waals surface area (Å²) in [4.78, 5) is 0. The lowest BCUT2D eigenvalue weighted by atomic mass is 10.3. The standard InChI is InChI=1S/C10H13Br2NO3S/c11-8-4-3-5-9(12)10(8)16-6-1-2-7-17(13,14)15/h3-5H,1-2,6-7H2,(H2,13,14,15). The van der Waals surface area contributed by atoms with Crippen molar-refractivity contribution in [2.75, 3.05) is 12.4 Å². The van der Waals surface area contributed by atoms with Gasteiger partial charge in [0.15, 0.2) is 0 Å². The fraction of sp³-hybridized carbons (Fsp3) is 0.400. The van der Waals surface area contributed by atoms with Gasteiger partial charge in [0, 0.05) is 0 Å². The molecule has 1 rings (SSSR count). The topological polar surface area (TPSA) is 69.4 Å². The summed E-state index contributed by atoms with van der Waals surface area (Å²) in [5.41, 5.74) is 0. The molecule has 7 heteroatoms. The van der Waals surface area contributed by atoms with Crippen LogP contribution in [0, 0.1) is 0 Å². The van der Waals surface area contributed by atoms with Crippen LogP contribution in [0.4, 0.5) is 0 Å². The van der Waals surface area contributed by atoms with Gasteiger partial charge in [-0.3, -0.25) is 0 Å². The molecule has 2 N–H and O–H groups in total. The highest BCUT2D eigenvalue weighted by Gasteiger charge is 2.06. The molecule has 4 nitrogen and oxygen atoms in total. The van der Waals surface area contributed by atoms with E-state index in [4.69, 9.17) is 9.88 Å². The van der Waals surface area contributed by atoms with E-state index in [2.05, 4.69) is 31.9 Å². The number of benzene rings is 1. The molecule has 1 aromatic rings. The smallest absolute Gasteiger partial charge is 0.209 e. The van der Waals surface area contributed by atoms with E-state index in [1.165, 1.54) is 0 Å². The predicted molar refractivity (Wildman–Crippen MR) is 74.5 cm³/mol. The zero-order valence-electron chi connectivity index (χ0n) is 9.03. The van der Waals surface area contributed by atoms with Crippen LogP contribution < -0.4 is 9.88 Å². The van der Waals surface area contributed by atoms with Crippen LogP contribution in [0.25, 0.3) is 0 Å². The van der Waals surface area contributed by atoms with Gasteiger partial charge in [-0.25, -0.2) is 13.6 Å². The molecule has 0 aromatic heterocycles. The maximum absolute atomic E-state index is 10.7. The van der Waals surface area contributed by atoms with Crippen LogP contribution in [0.2, 0.25) is 0 Å². The van der Waals surface area contributed by atoms with E-state index in [-0.39, 0.29) is 5.75 Å². The molecule has 0 saturated carbocycles. The van der Waals surface area contributed by atoms with Gasteiger partial charge in [0.1, 0.15) is 5.75 Å². The normalized spacial score (nSPS) is 11.5. The molecule has 0 amide bonds. The van der Waals surface area contributed by atoms with Crippen LogP contribution in [0.5, 0.6) is 5.75 Å². The second kappa shape index (κ2) is 6.72. The zero-order chi connectivity index (χ0) is 12.9. The lowest BCUT2D eigenvalue weighted by molar-refractivity contribution is 0.306. The third-order valence-corrected chi connectivity index (χ3v) is 4.10. The Balaban J connectivity index is 2.37. The Morgan fingerprint density at radius 1 is 1.18 bits per heavy atom. The summed E-state index contributed by atoms with van der Waals surface area (Å²) in [5, 5.41) is 4.89. The lowest BCUT2D eigenvalue weighted by Crippen LogP contribution is -2.16. The molecule has 0 aliphatic heterocycles. The third kappa shape index (κ3) is 5.85. The van der Waals surface area contributed by atoms with Crippen molar-refractivity contribution in [3.8, 4) is 5.75 Å². The minimum atomic E-state index is -3.36. The Hall–Kier alpha value is -0.110. The fourth-order valence-electron chi connectivity index (χ4n) is 1.20. The molecule has 0 fully saturated rings. The van der Waals surface area contributed by atoms with Crippen molar-refractivity contribution in [3.05, 3.63) is 27.1 Å². The molecule has 0 radical (unpaired) electrons. The van der Waals surface area contributed by atoms with Crippen molar-refractivity contribution in [3.63, 3.8) is 0 Å². The Kier molecular flexibility index (Phi) is 5.91. The second-order valence-electron chi connectivity index (χ2n) is 3.47. The summed E-state index contributed by atoms with van der Waals surface area (Å²) in [6, 6.07) is 5.65. The molecule has 0 bridgehead atoms. The number of rotatable bonds is 6. The first-order valence-corrected chi connectivity index (χ1v) is 8.27. The first-order chi connectivity index (χ1) is 7.90. The highest BCUT2D eigenvalue weighted by Crippen LogP contribution is 2.32. The summed E-state index contributed by atoms with van der Waals surface area (Å²) in [7, 11) is -3.36. The van der Waals surface area contributed by atoms with Gasteiger partial charge in [0.05, 0.1) is 21.3 Å². The van der Waals surface area contributed by atoms with E-state index in [1.807, 2.05) is 18.2 Å². The highest BCUT2D eigenvalue weighted by molar-refractivity contribution is 9.11. The average molecular weight is 387 g/mol. The van der Waals surface area contributed by atoms with Crippen LogP contribution in [-0.2, 0) is 10.0 Å². The molecular formula is C10H13Br2NO3S. The second-order valence-corrected chi connectivity index (χ2v) is 6.92. The van der Waals surface area contributed by atoms with E-state index in [1.54, 1.807) is 0 Å². The van der Waals surface area contributed by atoms with Crippen LogP contribution in [0.15, 0.2) is 27.1 Å². The van der Waals surface area contributed by atoms with Crippen LogP contribution in [-0.4, -0.2) is 20.8 Å². The number of unbranched alkanes of at least 4 members (excludes halogenated alkanes) is 1. The van der Waals surface area contributed by atoms with Crippen LogP contribution >= 0.6 is 31.9 Å². The van der Waals surface area contributed by atoms with Gasteiger partial charge in [-0.2, -0.15) is 0 Å². The quantitative estimate of drug-likeness (QED) is 0.764. The van der Waals surface area contributed by atoms with Gasteiger partial charge in [-0.15, -0.1) is 0 Å². The van der Waals surface area contributed by atoms with Gasteiger partial charge in [0.25, 0.3) is 0 Å². The van der Waals surface area contributed by atoms with Gasteiger partial charge >= 0.3 is 0 Å². The molecule has 0 heterocycles. The summed E-state index contributed by atoms with van der Waals surface area (Å²) < 4.78 is 28.7. The fourth-order valence-corrected chi connectivity index (χ4v) is 3.03. The Labute approximate surface area is 118 Å². The molecular weight excluding hydrogens is 374 g/mol. The van der Waals surface area contributed by atoms with Gasteiger partial charge in [-0.05, 0) is 56.8 Å². The van der Waals surface area contributed by atoms with Crippen molar-refractivity contribution in [1.29, 1.82) is 0 Å². The molecule has 0 aliphatic rings. The lowest BCUT2D eigenvalue weighted by Gasteiger charge is -2.09. The number of primary sulfonamides is 1. The Bertz CT molecular complexity index is 456. The maximum Gasteiger partial charge on any atom is 0.209 e. The van der Waals surface area contributed by atoms with Crippen molar-refractivity contribution in [2.45, 2.75) is 12.8 Å². The average Bonchev–Trinajstić information content (AvgIpc) is 2.20. The van der Waals surface area contributed by atoms with Crippen molar-refractivity contribution >= 4 is 41.9 Å². The van der Waals surface area contributed by atoms with E-state index in [0.717, 1.165) is 14.7 Å². The minimum absolute atomic E-state index is 0.00646. The molecule has 0 saturated heterocycles. The van der Waals surface area contributed by atoms with Crippen molar-refractivity contribution < 1.29 is 13.2 Å². The van der Waals surface area contributed by atoms with Crippen molar-refractivity contribution in [1.82, 2.24) is 0 Å². The van der Waals surface area contributed by atoms with Crippen molar-refractivity contribution in [2.24, 2.45) is 5.14 Å². The van der Waals surface area contributed by atoms with Crippen LogP contribution in [0.3, 0.4) is 0 Å². The number of sulfonamides is 1. The first-order valence-electron chi connectivity index (χ1n) is 4.97. The van der Waals surface area contributed by atoms with E-state index in [9.17, 15) is 8.42 Å². The Morgan fingerprint density at radius 3 is 2.29 bits per heavy atom. The SMILES string of the molecule is NS(=O)(=O)CCCCOc1c(Br)cccc1Br. The molecule has 96 valence electrons. The molecule has 1 aromatic carbocycles. The number of hydrogen-bond acceptors (Lipinski definition) is 3. The highest BCUT2D eigenvalue weighted by atomic mass is 79.9. The van der Waals surface area contributed by atoms with E-state index in [0.29, 0.717) is 19.4 Å². The number of nitrogens with two attached hydrogens (primary N) is 1. The van der Waals surface area contributed by atoms with Gasteiger partial charge in [0.2, 0.25) is 10.0 Å². The molecule has 0 atom stereocenters. The first kappa shape index (κ1) is 14.9. The maximum atomic E-state index is 10.7. The number of para-hydroxylation sites is 1. The van der Waals surface area contributed by atoms with Gasteiger partial charge in [-0.1, -0.05) is 6.07 Å².